The second-order valence-electron chi connectivity index (χ2n) is 3.53. The molecule has 0 aliphatic rings. The standard InChI is InChI=1S/C11H11BrFN3/c1-16-6-5-9(15-16)11(14)7-3-2-4-8(12)10(7)13/h2-6,11H,14H2,1H3. The predicted octanol–water partition coefficient (Wildman–Crippen LogP) is 2.37. The van der Waals surface area contributed by atoms with Crippen LogP contribution < -0.4 is 5.73 Å². The molecule has 1 atom stereocenters. The minimum atomic E-state index is -0.543. The highest BCUT2D eigenvalue weighted by molar-refractivity contribution is 9.10. The topological polar surface area (TPSA) is 43.8 Å². The number of rotatable bonds is 2. The summed E-state index contributed by atoms with van der Waals surface area (Å²) in [4.78, 5) is 0. The Balaban J connectivity index is 2.41. The highest BCUT2D eigenvalue weighted by atomic mass is 79.9. The van der Waals surface area contributed by atoms with Gasteiger partial charge >= 0.3 is 0 Å². The monoisotopic (exact) mass is 283 g/mol. The van der Waals surface area contributed by atoms with E-state index >= 15 is 0 Å². The fourth-order valence-electron chi connectivity index (χ4n) is 1.52. The first-order chi connectivity index (χ1) is 7.59. The predicted molar refractivity (Wildman–Crippen MR) is 63.3 cm³/mol. The Morgan fingerprint density at radius 3 is 2.81 bits per heavy atom. The molecule has 0 saturated heterocycles. The Bertz CT molecular complexity index is 510. The summed E-state index contributed by atoms with van der Waals surface area (Å²) in [6.07, 6.45) is 1.78. The molecule has 0 spiro atoms. The first-order valence-corrected chi connectivity index (χ1v) is 5.58. The highest BCUT2D eigenvalue weighted by Gasteiger charge is 2.17. The number of hydrogen-bond donors (Lipinski definition) is 1. The number of nitrogens with two attached hydrogens (primary N) is 1. The molecule has 0 aliphatic heterocycles. The normalized spacial score (nSPS) is 12.8. The van der Waals surface area contributed by atoms with Gasteiger partial charge in [0, 0.05) is 18.8 Å². The molecule has 0 fully saturated rings. The number of hydrogen-bond acceptors (Lipinski definition) is 2. The summed E-state index contributed by atoms with van der Waals surface area (Å²) in [7, 11) is 1.80. The average molecular weight is 284 g/mol. The Morgan fingerprint density at radius 1 is 1.44 bits per heavy atom. The Hall–Kier alpha value is -1.20. The molecular weight excluding hydrogens is 273 g/mol. The zero-order valence-electron chi connectivity index (χ0n) is 8.69. The van der Waals surface area contributed by atoms with Crippen molar-refractivity contribution in [2.45, 2.75) is 6.04 Å². The van der Waals surface area contributed by atoms with Gasteiger partial charge in [-0.15, -0.1) is 0 Å². The van der Waals surface area contributed by atoms with Crippen LogP contribution in [0.2, 0.25) is 0 Å². The molecule has 1 aromatic heterocycles. The van der Waals surface area contributed by atoms with Gasteiger partial charge in [0.1, 0.15) is 5.82 Å². The second-order valence-corrected chi connectivity index (χ2v) is 4.39. The number of nitrogens with zero attached hydrogens (tertiary/aromatic N) is 2. The lowest BCUT2D eigenvalue weighted by Crippen LogP contribution is -2.14. The summed E-state index contributed by atoms with van der Waals surface area (Å²) in [5, 5.41) is 4.17. The van der Waals surface area contributed by atoms with Crippen molar-refractivity contribution in [3.05, 3.63) is 52.0 Å². The van der Waals surface area contributed by atoms with E-state index in [2.05, 4.69) is 21.0 Å². The van der Waals surface area contributed by atoms with E-state index in [1.807, 2.05) is 0 Å². The summed E-state index contributed by atoms with van der Waals surface area (Å²) >= 11 is 3.14. The minimum absolute atomic E-state index is 0.333. The second kappa shape index (κ2) is 4.35. The van der Waals surface area contributed by atoms with E-state index in [1.165, 1.54) is 0 Å². The van der Waals surface area contributed by atoms with Gasteiger partial charge in [-0.3, -0.25) is 4.68 Å². The SMILES string of the molecule is Cn1ccc(C(N)c2cccc(Br)c2F)n1. The molecule has 0 amide bonds. The van der Waals surface area contributed by atoms with Crippen molar-refractivity contribution >= 4 is 15.9 Å². The van der Waals surface area contributed by atoms with Gasteiger partial charge in [-0.25, -0.2) is 4.39 Å². The first kappa shape index (κ1) is 11.3. The lowest BCUT2D eigenvalue weighted by molar-refractivity contribution is 0.588. The molecule has 1 aromatic carbocycles. The van der Waals surface area contributed by atoms with Gasteiger partial charge in [-0.2, -0.15) is 5.10 Å². The molecule has 3 nitrogen and oxygen atoms in total. The smallest absolute Gasteiger partial charge is 0.142 e. The van der Waals surface area contributed by atoms with Gasteiger partial charge < -0.3 is 5.73 Å². The Kier molecular flexibility index (Phi) is 3.07. The van der Waals surface area contributed by atoms with E-state index in [9.17, 15) is 4.39 Å². The van der Waals surface area contributed by atoms with Gasteiger partial charge in [0.2, 0.25) is 0 Å². The van der Waals surface area contributed by atoms with E-state index in [-0.39, 0.29) is 5.82 Å². The Morgan fingerprint density at radius 2 is 2.19 bits per heavy atom. The van der Waals surface area contributed by atoms with Gasteiger partial charge in [0.15, 0.2) is 0 Å². The number of aromatic nitrogens is 2. The zero-order valence-corrected chi connectivity index (χ0v) is 10.3. The van der Waals surface area contributed by atoms with Crippen LogP contribution in [-0.4, -0.2) is 9.78 Å². The van der Waals surface area contributed by atoms with Crippen molar-refractivity contribution < 1.29 is 4.39 Å². The number of aryl methyl sites for hydroxylation is 1. The summed E-state index contributed by atoms with van der Waals surface area (Å²) in [6.45, 7) is 0. The molecular formula is C11H11BrFN3. The molecule has 0 radical (unpaired) electrons. The molecule has 5 heteroatoms. The van der Waals surface area contributed by atoms with Crippen LogP contribution in [0.4, 0.5) is 4.39 Å². The van der Waals surface area contributed by atoms with Crippen LogP contribution in [-0.2, 0) is 7.05 Å². The third-order valence-corrected chi connectivity index (χ3v) is 2.98. The number of benzene rings is 1. The average Bonchev–Trinajstić information content (AvgIpc) is 2.68. The van der Waals surface area contributed by atoms with Crippen LogP contribution in [0, 0.1) is 5.82 Å². The van der Waals surface area contributed by atoms with E-state index in [0.717, 1.165) is 0 Å². The molecule has 2 N–H and O–H groups in total. The summed E-state index contributed by atoms with van der Waals surface area (Å²) < 4.78 is 15.8. The Labute approximate surface area is 101 Å². The molecule has 16 heavy (non-hydrogen) atoms. The van der Waals surface area contributed by atoms with Crippen molar-refractivity contribution in [3.63, 3.8) is 0 Å². The first-order valence-electron chi connectivity index (χ1n) is 4.78. The van der Waals surface area contributed by atoms with Gasteiger partial charge in [0.25, 0.3) is 0 Å². The van der Waals surface area contributed by atoms with E-state index in [4.69, 9.17) is 5.73 Å². The van der Waals surface area contributed by atoms with E-state index < -0.39 is 6.04 Å². The quantitative estimate of drug-likeness (QED) is 0.920. The fraction of sp³-hybridized carbons (Fsp3) is 0.182. The van der Waals surface area contributed by atoms with Crippen LogP contribution in [0.15, 0.2) is 34.9 Å². The van der Waals surface area contributed by atoms with Crippen LogP contribution >= 0.6 is 15.9 Å². The van der Waals surface area contributed by atoms with Crippen LogP contribution in [0.1, 0.15) is 17.3 Å². The van der Waals surface area contributed by atoms with Crippen molar-refractivity contribution in [2.75, 3.05) is 0 Å². The van der Waals surface area contributed by atoms with E-state index in [1.54, 1.807) is 42.2 Å². The fourth-order valence-corrected chi connectivity index (χ4v) is 1.90. The number of halogens is 2. The molecule has 2 rings (SSSR count). The molecule has 84 valence electrons. The van der Waals surface area contributed by atoms with E-state index in [0.29, 0.717) is 15.7 Å². The van der Waals surface area contributed by atoms with Gasteiger partial charge in [0.05, 0.1) is 16.2 Å². The molecule has 2 aromatic rings. The highest BCUT2D eigenvalue weighted by Crippen LogP contribution is 2.25. The molecule has 0 aliphatic carbocycles. The van der Waals surface area contributed by atoms with Crippen LogP contribution in [0.25, 0.3) is 0 Å². The summed E-state index contributed by atoms with van der Waals surface area (Å²) in [6, 6.07) is 6.30. The lowest BCUT2D eigenvalue weighted by Gasteiger charge is -2.11. The maximum Gasteiger partial charge on any atom is 0.142 e. The molecule has 1 heterocycles. The van der Waals surface area contributed by atoms with Crippen molar-refractivity contribution in [1.29, 1.82) is 0 Å². The third-order valence-electron chi connectivity index (χ3n) is 2.37. The summed E-state index contributed by atoms with van der Waals surface area (Å²) in [5.41, 5.74) is 7.05. The third kappa shape index (κ3) is 2.01. The summed E-state index contributed by atoms with van der Waals surface area (Å²) in [5.74, 6) is -0.333. The largest absolute Gasteiger partial charge is 0.319 e. The molecule has 0 bridgehead atoms. The maximum atomic E-state index is 13.8. The minimum Gasteiger partial charge on any atom is -0.319 e. The molecule has 1 unspecified atom stereocenters. The lowest BCUT2D eigenvalue weighted by atomic mass is 10.0. The van der Waals surface area contributed by atoms with Gasteiger partial charge in [-0.1, -0.05) is 12.1 Å². The van der Waals surface area contributed by atoms with Gasteiger partial charge in [-0.05, 0) is 28.1 Å². The zero-order chi connectivity index (χ0) is 11.7. The van der Waals surface area contributed by atoms with Crippen LogP contribution in [0.5, 0.6) is 0 Å². The van der Waals surface area contributed by atoms with Crippen molar-refractivity contribution in [1.82, 2.24) is 9.78 Å². The molecule has 0 saturated carbocycles. The van der Waals surface area contributed by atoms with Crippen molar-refractivity contribution in [3.8, 4) is 0 Å². The van der Waals surface area contributed by atoms with Crippen molar-refractivity contribution in [2.24, 2.45) is 12.8 Å². The van der Waals surface area contributed by atoms with Crippen LogP contribution in [0.3, 0.4) is 0 Å². The maximum absolute atomic E-state index is 13.8.